The molecule has 2 nitrogen and oxygen atoms in total. The van der Waals surface area contributed by atoms with E-state index in [9.17, 15) is 0 Å². The van der Waals surface area contributed by atoms with E-state index in [0.29, 0.717) is 6.04 Å². The molecule has 0 spiro atoms. The van der Waals surface area contributed by atoms with Crippen molar-refractivity contribution >= 4 is 52.3 Å². The second-order valence-corrected chi connectivity index (χ2v) is 7.21. The zero-order valence-electron chi connectivity index (χ0n) is 12.6. The fraction of sp³-hybridized carbons (Fsp3) is 0.625. The summed E-state index contributed by atoms with van der Waals surface area (Å²) in [6.45, 7) is 4.53. The van der Waals surface area contributed by atoms with Gasteiger partial charge in [-0.3, -0.25) is 4.90 Å². The number of nitrogens with zero attached hydrogens (tertiary/aromatic N) is 1. The Hall–Kier alpha value is 0.490. The van der Waals surface area contributed by atoms with Crippen molar-refractivity contribution in [3.8, 4) is 0 Å². The van der Waals surface area contributed by atoms with Gasteiger partial charge in [0.15, 0.2) is 0 Å². The van der Waals surface area contributed by atoms with Gasteiger partial charge >= 0.3 is 0 Å². The van der Waals surface area contributed by atoms with Crippen LogP contribution in [0.1, 0.15) is 37.3 Å². The number of rotatable bonds is 3. The first-order chi connectivity index (χ1) is 9.75. The molecule has 1 heterocycles. The summed E-state index contributed by atoms with van der Waals surface area (Å²) in [7, 11) is 0. The van der Waals surface area contributed by atoms with E-state index < -0.39 is 0 Å². The number of benzene rings is 1. The molecular weight excluding hydrogens is 406 g/mol. The SMILES string of the molecule is Cl.Cl.Clc1ccc([C@H](C2CCCC2)N2CCNCC2)cc1Br. The summed E-state index contributed by atoms with van der Waals surface area (Å²) in [6, 6.07) is 7.05. The molecule has 1 aromatic carbocycles. The van der Waals surface area contributed by atoms with Gasteiger partial charge in [-0.05, 0) is 52.4 Å². The third kappa shape index (κ3) is 4.75. The van der Waals surface area contributed by atoms with Crippen molar-refractivity contribution in [2.24, 2.45) is 5.92 Å². The molecule has 0 unspecified atom stereocenters. The molecule has 1 saturated carbocycles. The first-order valence-electron chi connectivity index (χ1n) is 7.65. The van der Waals surface area contributed by atoms with Crippen LogP contribution in [0.15, 0.2) is 22.7 Å². The second kappa shape index (κ2) is 9.71. The lowest BCUT2D eigenvalue weighted by atomic mass is 9.90. The van der Waals surface area contributed by atoms with Crippen molar-refractivity contribution in [3.05, 3.63) is 33.3 Å². The molecule has 1 N–H and O–H groups in total. The molecule has 6 heteroatoms. The standard InChI is InChI=1S/C16H22BrClN2.2ClH/c17-14-11-13(5-6-15(14)18)16(12-3-1-2-4-12)20-9-7-19-8-10-20;;/h5-6,11-12,16,19H,1-4,7-10H2;2*1H/t16-;;/m0../s1. The minimum Gasteiger partial charge on any atom is -0.314 e. The minimum absolute atomic E-state index is 0. The maximum absolute atomic E-state index is 6.16. The molecule has 0 bridgehead atoms. The lowest BCUT2D eigenvalue weighted by Gasteiger charge is -2.38. The predicted octanol–water partition coefficient (Wildman–Crippen LogP) is 5.08. The molecule has 1 atom stereocenters. The summed E-state index contributed by atoms with van der Waals surface area (Å²) in [6.07, 6.45) is 5.52. The quantitative estimate of drug-likeness (QED) is 0.719. The Morgan fingerprint density at radius 2 is 1.77 bits per heavy atom. The third-order valence-electron chi connectivity index (χ3n) is 4.68. The van der Waals surface area contributed by atoms with Crippen LogP contribution in [0.4, 0.5) is 0 Å². The minimum atomic E-state index is 0. The summed E-state index contributed by atoms with van der Waals surface area (Å²) in [5, 5.41) is 4.26. The van der Waals surface area contributed by atoms with E-state index >= 15 is 0 Å². The Balaban J connectivity index is 0.00000121. The Labute approximate surface area is 159 Å². The zero-order valence-corrected chi connectivity index (χ0v) is 16.5. The van der Waals surface area contributed by atoms with Crippen molar-refractivity contribution in [2.45, 2.75) is 31.7 Å². The third-order valence-corrected chi connectivity index (χ3v) is 5.89. The van der Waals surface area contributed by atoms with E-state index in [-0.39, 0.29) is 24.8 Å². The van der Waals surface area contributed by atoms with E-state index in [4.69, 9.17) is 11.6 Å². The summed E-state index contributed by atoms with van der Waals surface area (Å²) in [4.78, 5) is 2.67. The first kappa shape index (κ1) is 20.5. The summed E-state index contributed by atoms with van der Waals surface area (Å²) in [5.41, 5.74) is 1.43. The monoisotopic (exact) mass is 428 g/mol. The van der Waals surface area contributed by atoms with Crippen molar-refractivity contribution in [1.29, 1.82) is 0 Å². The largest absolute Gasteiger partial charge is 0.314 e. The van der Waals surface area contributed by atoms with Gasteiger partial charge in [-0.15, -0.1) is 24.8 Å². The molecule has 0 amide bonds. The van der Waals surface area contributed by atoms with Gasteiger partial charge in [-0.25, -0.2) is 0 Å². The van der Waals surface area contributed by atoms with E-state index in [0.717, 1.165) is 41.6 Å². The van der Waals surface area contributed by atoms with E-state index in [2.05, 4.69) is 38.3 Å². The number of nitrogens with one attached hydrogen (secondary N) is 1. The Morgan fingerprint density at radius 1 is 1.14 bits per heavy atom. The first-order valence-corrected chi connectivity index (χ1v) is 8.82. The normalized spacial score (nSPS) is 21.0. The molecule has 126 valence electrons. The number of hydrogen-bond donors (Lipinski definition) is 1. The van der Waals surface area contributed by atoms with Crippen LogP contribution in [0.5, 0.6) is 0 Å². The fourth-order valence-electron chi connectivity index (χ4n) is 3.71. The van der Waals surface area contributed by atoms with E-state index in [1.165, 1.54) is 31.2 Å². The van der Waals surface area contributed by atoms with Gasteiger partial charge in [0.25, 0.3) is 0 Å². The van der Waals surface area contributed by atoms with Crippen LogP contribution in [-0.4, -0.2) is 31.1 Å². The van der Waals surface area contributed by atoms with Crippen LogP contribution < -0.4 is 5.32 Å². The Kier molecular flexibility index (Phi) is 9.06. The van der Waals surface area contributed by atoms with Gasteiger partial charge in [0.1, 0.15) is 0 Å². The summed E-state index contributed by atoms with van der Waals surface area (Å²) >= 11 is 9.74. The smallest absolute Gasteiger partial charge is 0.0548 e. The Bertz CT molecular complexity index is 461. The molecule has 1 aliphatic heterocycles. The molecule has 0 aromatic heterocycles. The molecule has 2 fully saturated rings. The topological polar surface area (TPSA) is 15.3 Å². The van der Waals surface area contributed by atoms with Gasteiger partial charge < -0.3 is 5.32 Å². The average Bonchev–Trinajstić information content (AvgIpc) is 2.98. The summed E-state index contributed by atoms with van der Waals surface area (Å²) < 4.78 is 1.02. The highest BCUT2D eigenvalue weighted by atomic mass is 79.9. The predicted molar refractivity (Wildman–Crippen MR) is 103 cm³/mol. The van der Waals surface area contributed by atoms with E-state index in [1.807, 2.05) is 6.07 Å². The number of piperazine rings is 1. The van der Waals surface area contributed by atoms with Crippen molar-refractivity contribution < 1.29 is 0 Å². The van der Waals surface area contributed by atoms with Crippen LogP contribution in [0, 0.1) is 5.92 Å². The van der Waals surface area contributed by atoms with Gasteiger partial charge in [0, 0.05) is 36.7 Å². The van der Waals surface area contributed by atoms with Crippen LogP contribution in [0.3, 0.4) is 0 Å². The lowest BCUT2D eigenvalue weighted by molar-refractivity contribution is 0.125. The summed E-state index contributed by atoms with van der Waals surface area (Å²) in [5.74, 6) is 0.807. The van der Waals surface area contributed by atoms with Crippen LogP contribution in [0.25, 0.3) is 0 Å². The zero-order chi connectivity index (χ0) is 13.9. The van der Waals surface area contributed by atoms with Crippen molar-refractivity contribution in [3.63, 3.8) is 0 Å². The van der Waals surface area contributed by atoms with Crippen LogP contribution in [0.2, 0.25) is 5.02 Å². The van der Waals surface area contributed by atoms with Gasteiger partial charge in [0.2, 0.25) is 0 Å². The highest BCUT2D eigenvalue weighted by Gasteiger charge is 2.31. The molecular formula is C16H24BrCl3N2. The maximum atomic E-state index is 6.16. The lowest BCUT2D eigenvalue weighted by Crippen LogP contribution is -2.46. The van der Waals surface area contributed by atoms with Crippen LogP contribution in [-0.2, 0) is 0 Å². The molecule has 1 saturated heterocycles. The van der Waals surface area contributed by atoms with Gasteiger partial charge in [-0.1, -0.05) is 30.5 Å². The average molecular weight is 431 g/mol. The molecule has 1 aliphatic carbocycles. The highest BCUT2D eigenvalue weighted by Crippen LogP contribution is 2.41. The number of hydrogen-bond acceptors (Lipinski definition) is 2. The van der Waals surface area contributed by atoms with Crippen molar-refractivity contribution in [1.82, 2.24) is 10.2 Å². The molecule has 2 aliphatic rings. The molecule has 3 rings (SSSR count). The fourth-order valence-corrected chi connectivity index (χ4v) is 4.22. The Morgan fingerprint density at radius 3 is 2.36 bits per heavy atom. The molecule has 1 aromatic rings. The molecule has 22 heavy (non-hydrogen) atoms. The van der Waals surface area contributed by atoms with Crippen molar-refractivity contribution in [2.75, 3.05) is 26.2 Å². The maximum Gasteiger partial charge on any atom is 0.0548 e. The van der Waals surface area contributed by atoms with Crippen LogP contribution >= 0.6 is 52.3 Å². The molecule has 0 radical (unpaired) electrons. The van der Waals surface area contributed by atoms with E-state index in [1.54, 1.807) is 0 Å². The number of halogens is 4. The van der Waals surface area contributed by atoms with Gasteiger partial charge in [0.05, 0.1) is 5.02 Å². The second-order valence-electron chi connectivity index (χ2n) is 5.95. The van der Waals surface area contributed by atoms with Gasteiger partial charge in [-0.2, -0.15) is 0 Å². The highest BCUT2D eigenvalue weighted by molar-refractivity contribution is 9.10.